The maximum atomic E-state index is 4.69. The standard InChI is InChI=1S/C17H29N7S.HI/c1-6-14-23-21-12-24(14)9-8-19-16(18-7-2)20-10-15-22-13(11-25-15)17(3,4)5;/h11-12H,6-10H2,1-5H3,(H2,18,19,20);1H. The van der Waals surface area contributed by atoms with Crippen molar-refractivity contribution < 1.29 is 0 Å². The first kappa shape index (κ1) is 22.8. The topological polar surface area (TPSA) is 80.0 Å². The number of hydrogen-bond donors (Lipinski definition) is 2. The number of halogens is 1. The monoisotopic (exact) mass is 491 g/mol. The van der Waals surface area contributed by atoms with Crippen LogP contribution in [0.15, 0.2) is 16.7 Å². The third-order valence-corrected chi connectivity index (χ3v) is 4.53. The predicted molar refractivity (Wildman–Crippen MR) is 118 cm³/mol. The van der Waals surface area contributed by atoms with E-state index in [-0.39, 0.29) is 29.4 Å². The van der Waals surface area contributed by atoms with Crippen molar-refractivity contribution in [2.45, 2.75) is 59.5 Å². The molecule has 26 heavy (non-hydrogen) atoms. The lowest BCUT2D eigenvalue weighted by molar-refractivity contribution is 0.571. The van der Waals surface area contributed by atoms with Crippen LogP contribution in [0.5, 0.6) is 0 Å². The first-order valence-corrected chi connectivity index (χ1v) is 9.65. The first-order chi connectivity index (χ1) is 11.9. The second-order valence-corrected chi connectivity index (χ2v) is 7.74. The van der Waals surface area contributed by atoms with E-state index >= 15 is 0 Å². The van der Waals surface area contributed by atoms with Crippen molar-refractivity contribution in [2.75, 3.05) is 13.1 Å². The summed E-state index contributed by atoms with van der Waals surface area (Å²) in [6.45, 7) is 13.7. The van der Waals surface area contributed by atoms with Gasteiger partial charge in [-0.25, -0.2) is 9.98 Å². The van der Waals surface area contributed by atoms with E-state index in [9.17, 15) is 0 Å². The van der Waals surface area contributed by atoms with Crippen LogP contribution in [-0.4, -0.2) is 38.8 Å². The van der Waals surface area contributed by atoms with Crippen LogP contribution in [0, 0.1) is 0 Å². The molecule has 9 heteroatoms. The lowest BCUT2D eigenvalue weighted by atomic mass is 9.93. The molecule has 0 atom stereocenters. The van der Waals surface area contributed by atoms with Gasteiger partial charge >= 0.3 is 0 Å². The number of nitrogens with zero attached hydrogens (tertiary/aromatic N) is 5. The van der Waals surface area contributed by atoms with Gasteiger partial charge in [-0.1, -0.05) is 27.7 Å². The Morgan fingerprint density at radius 3 is 2.65 bits per heavy atom. The number of rotatable bonds is 7. The van der Waals surface area contributed by atoms with E-state index in [1.165, 1.54) is 0 Å². The zero-order chi connectivity index (χ0) is 18.3. The maximum Gasteiger partial charge on any atom is 0.191 e. The average Bonchev–Trinajstić information content (AvgIpc) is 3.21. The van der Waals surface area contributed by atoms with Crippen molar-refractivity contribution in [3.05, 3.63) is 28.2 Å². The lowest BCUT2D eigenvalue weighted by Crippen LogP contribution is -2.38. The summed E-state index contributed by atoms with van der Waals surface area (Å²) in [5.41, 5.74) is 1.21. The van der Waals surface area contributed by atoms with Gasteiger partial charge in [0.25, 0.3) is 0 Å². The molecule has 0 aliphatic heterocycles. The number of nitrogens with one attached hydrogen (secondary N) is 2. The van der Waals surface area contributed by atoms with Crippen LogP contribution in [-0.2, 0) is 24.9 Å². The Labute approximate surface area is 177 Å². The third kappa shape index (κ3) is 6.82. The molecule has 0 aliphatic rings. The van der Waals surface area contributed by atoms with Crippen molar-refractivity contribution in [3.8, 4) is 0 Å². The maximum absolute atomic E-state index is 4.69. The minimum Gasteiger partial charge on any atom is -0.357 e. The molecule has 0 bridgehead atoms. The number of aryl methyl sites for hydroxylation is 1. The molecule has 0 unspecified atom stereocenters. The molecule has 0 aromatic carbocycles. The van der Waals surface area contributed by atoms with Crippen LogP contribution in [0.1, 0.15) is 51.1 Å². The highest BCUT2D eigenvalue weighted by atomic mass is 127. The molecule has 0 amide bonds. The van der Waals surface area contributed by atoms with Crippen LogP contribution in [0.4, 0.5) is 0 Å². The van der Waals surface area contributed by atoms with Crippen molar-refractivity contribution in [1.29, 1.82) is 0 Å². The molecular weight excluding hydrogens is 461 g/mol. The summed E-state index contributed by atoms with van der Waals surface area (Å²) < 4.78 is 2.06. The Morgan fingerprint density at radius 2 is 2.04 bits per heavy atom. The average molecular weight is 491 g/mol. The molecule has 0 aliphatic carbocycles. The predicted octanol–water partition coefficient (Wildman–Crippen LogP) is 2.97. The van der Waals surface area contributed by atoms with Crippen molar-refractivity contribution in [3.63, 3.8) is 0 Å². The summed E-state index contributed by atoms with van der Waals surface area (Å²) in [5, 5.41) is 17.9. The number of guanidine groups is 1. The van der Waals surface area contributed by atoms with Gasteiger partial charge in [-0.05, 0) is 6.92 Å². The van der Waals surface area contributed by atoms with E-state index in [1.807, 2.05) is 0 Å². The molecule has 2 aromatic heterocycles. The van der Waals surface area contributed by atoms with E-state index in [0.717, 1.165) is 48.5 Å². The number of aliphatic imine (C=N–C) groups is 1. The quantitative estimate of drug-likeness (QED) is 0.354. The molecule has 0 saturated carbocycles. The molecule has 0 saturated heterocycles. The van der Waals surface area contributed by atoms with Gasteiger partial charge < -0.3 is 15.2 Å². The second-order valence-electron chi connectivity index (χ2n) is 6.79. The minimum absolute atomic E-state index is 0. The van der Waals surface area contributed by atoms with Gasteiger partial charge in [0.1, 0.15) is 17.2 Å². The Morgan fingerprint density at radius 1 is 1.27 bits per heavy atom. The summed E-state index contributed by atoms with van der Waals surface area (Å²) in [6.07, 6.45) is 2.66. The van der Waals surface area contributed by atoms with Gasteiger partial charge in [-0.15, -0.1) is 45.5 Å². The largest absolute Gasteiger partial charge is 0.357 e. The molecule has 146 valence electrons. The zero-order valence-electron chi connectivity index (χ0n) is 16.2. The molecule has 7 nitrogen and oxygen atoms in total. The summed E-state index contributed by atoms with van der Waals surface area (Å²) in [6, 6.07) is 0. The minimum atomic E-state index is 0. The van der Waals surface area contributed by atoms with E-state index in [2.05, 4.69) is 70.4 Å². The molecule has 2 rings (SSSR count). The number of hydrogen-bond acceptors (Lipinski definition) is 5. The summed E-state index contributed by atoms with van der Waals surface area (Å²) in [7, 11) is 0. The number of aromatic nitrogens is 4. The molecule has 2 heterocycles. The Balaban J connectivity index is 0.00000338. The van der Waals surface area contributed by atoms with E-state index < -0.39 is 0 Å². The molecule has 2 N–H and O–H groups in total. The van der Waals surface area contributed by atoms with Crippen molar-refractivity contribution >= 4 is 41.3 Å². The molecule has 0 radical (unpaired) electrons. The van der Waals surface area contributed by atoms with Crippen LogP contribution in [0.2, 0.25) is 0 Å². The fourth-order valence-electron chi connectivity index (χ4n) is 2.25. The summed E-state index contributed by atoms with van der Waals surface area (Å²) >= 11 is 1.67. The second kappa shape index (κ2) is 10.8. The Bertz CT molecular complexity index is 687. The van der Waals surface area contributed by atoms with Crippen LogP contribution in [0.3, 0.4) is 0 Å². The molecule has 0 spiro atoms. The summed E-state index contributed by atoms with van der Waals surface area (Å²) in [5.74, 6) is 1.81. The molecular formula is C17H30IN7S. The van der Waals surface area contributed by atoms with Crippen LogP contribution >= 0.6 is 35.3 Å². The smallest absolute Gasteiger partial charge is 0.191 e. The van der Waals surface area contributed by atoms with Gasteiger partial charge in [0.15, 0.2) is 5.96 Å². The Kier molecular flexibility index (Phi) is 9.48. The molecule has 0 fully saturated rings. The lowest BCUT2D eigenvalue weighted by Gasteiger charge is -2.14. The number of thiazole rings is 1. The summed E-state index contributed by atoms with van der Waals surface area (Å²) in [4.78, 5) is 9.33. The van der Waals surface area contributed by atoms with Gasteiger partial charge in [0, 0.05) is 36.9 Å². The fourth-order valence-corrected chi connectivity index (χ4v) is 3.19. The van der Waals surface area contributed by atoms with Gasteiger partial charge in [-0.3, -0.25) is 0 Å². The van der Waals surface area contributed by atoms with Crippen molar-refractivity contribution in [1.82, 2.24) is 30.4 Å². The van der Waals surface area contributed by atoms with Gasteiger partial charge in [0.2, 0.25) is 0 Å². The highest BCUT2D eigenvalue weighted by molar-refractivity contribution is 14.0. The van der Waals surface area contributed by atoms with Crippen molar-refractivity contribution in [2.24, 2.45) is 4.99 Å². The normalized spacial score (nSPS) is 12.0. The van der Waals surface area contributed by atoms with E-state index in [4.69, 9.17) is 4.98 Å². The SMILES string of the molecule is CCNC(=NCc1nc(C(C)(C)C)cs1)NCCn1cnnc1CC.I. The fraction of sp³-hybridized carbons (Fsp3) is 0.647. The third-order valence-electron chi connectivity index (χ3n) is 3.69. The van der Waals surface area contributed by atoms with Crippen LogP contribution in [0.25, 0.3) is 0 Å². The highest BCUT2D eigenvalue weighted by Gasteiger charge is 2.17. The molecule has 2 aromatic rings. The van der Waals surface area contributed by atoms with Crippen LogP contribution < -0.4 is 10.6 Å². The first-order valence-electron chi connectivity index (χ1n) is 8.77. The van der Waals surface area contributed by atoms with Gasteiger partial charge in [0.05, 0.1) is 12.2 Å². The van der Waals surface area contributed by atoms with E-state index in [1.54, 1.807) is 17.7 Å². The zero-order valence-corrected chi connectivity index (χ0v) is 19.4. The van der Waals surface area contributed by atoms with Gasteiger partial charge in [-0.2, -0.15) is 0 Å². The van der Waals surface area contributed by atoms with E-state index in [0.29, 0.717) is 6.54 Å². The Hall–Kier alpha value is -1.23. The highest BCUT2D eigenvalue weighted by Crippen LogP contribution is 2.24.